The minimum atomic E-state index is 0.418. The van der Waals surface area contributed by atoms with Crippen molar-refractivity contribution in [1.82, 2.24) is 5.32 Å². The van der Waals surface area contributed by atoms with Gasteiger partial charge in [-0.25, -0.2) is 0 Å². The number of benzene rings is 1. The van der Waals surface area contributed by atoms with Gasteiger partial charge in [0.25, 0.3) is 0 Å². The van der Waals surface area contributed by atoms with Crippen molar-refractivity contribution in [2.45, 2.75) is 33.2 Å². The van der Waals surface area contributed by atoms with Crippen LogP contribution in [0.1, 0.15) is 30.9 Å². The monoisotopic (exact) mass is 233 g/mol. The van der Waals surface area contributed by atoms with Crippen molar-refractivity contribution in [2.75, 3.05) is 19.8 Å². The highest BCUT2D eigenvalue weighted by Gasteiger charge is 2.26. The van der Waals surface area contributed by atoms with Gasteiger partial charge in [-0.2, -0.15) is 0 Å². The van der Waals surface area contributed by atoms with Crippen molar-refractivity contribution < 1.29 is 4.74 Å². The minimum absolute atomic E-state index is 0.418. The van der Waals surface area contributed by atoms with E-state index in [1.807, 2.05) is 0 Å². The van der Waals surface area contributed by atoms with Gasteiger partial charge in [0.1, 0.15) is 0 Å². The van der Waals surface area contributed by atoms with E-state index in [1.54, 1.807) is 0 Å². The van der Waals surface area contributed by atoms with Crippen LogP contribution in [-0.2, 0) is 11.3 Å². The predicted molar refractivity (Wildman–Crippen MR) is 71.0 cm³/mol. The number of rotatable bonds is 4. The van der Waals surface area contributed by atoms with Crippen molar-refractivity contribution in [1.29, 1.82) is 0 Å². The van der Waals surface area contributed by atoms with Crippen molar-refractivity contribution in [2.24, 2.45) is 5.41 Å². The van der Waals surface area contributed by atoms with E-state index >= 15 is 0 Å². The Balaban J connectivity index is 1.81. The average molecular weight is 233 g/mol. The SMILES string of the molecule is Cc1ccccc1CNCC1(C)CCOCC1. The number of hydrogen-bond acceptors (Lipinski definition) is 2. The van der Waals surface area contributed by atoms with Crippen LogP contribution >= 0.6 is 0 Å². The summed E-state index contributed by atoms with van der Waals surface area (Å²) in [5, 5.41) is 3.60. The molecule has 1 aromatic carbocycles. The highest BCUT2D eigenvalue weighted by atomic mass is 16.5. The Morgan fingerprint density at radius 2 is 1.94 bits per heavy atom. The summed E-state index contributed by atoms with van der Waals surface area (Å²) in [6, 6.07) is 8.58. The highest BCUT2D eigenvalue weighted by Crippen LogP contribution is 2.28. The van der Waals surface area contributed by atoms with Crippen LogP contribution in [-0.4, -0.2) is 19.8 Å². The van der Waals surface area contributed by atoms with Crippen LogP contribution in [0.15, 0.2) is 24.3 Å². The molecule has 0 unspecified atom stereocenters. The van der Waals surface area contributed by atoms with Crippen LogP contribution in [0.5, 0.6) is 0 Å². The predicted octanol–water partition coefficient (Wildman–Crippen LogP) is 2.90. The molecule has 1 aliphatic heterocycles. The van der Waals surface area contributed by atoms with Gasteiger partial charge in [0.15, 0.2) is 0 Å². The Bertz CT molecular complexity index is 356. The summed E-state index contributed by atoms with van der Waals surface area (Å²) in [6.45, 7) is 8.44. The Morgan fingerprint density at radius 3 is 2.65 bits per heavy atom. The fourth-order valence-corrected chi connectivity index (χ4v) is 2.35. The lowest BCUT2D eigenvalue weighted by molar-refractivity contribution is 0.0240. The van der Waals surface area contributed by atoms with Gasteiger partial charge < -0.3 is 10.1 Å². The topological polar surface area (TPSA) is 21.3 Å². The first kappa shape index (κ1) is 12.6. The van der Waals surface area contributed by atoms with Crippen LogP contribution in [0.25, 0.3) is 0 Å². The second-order valence-corrected chi connectivity index (χ2v) is 5.45. The van der Waals surface area contributed by atoms with Crippen molar-refractivity contribution >= 4 is 0 Å². The zero-order valence-corrected chi connectivity index (χ0v) is 11.0. The third-order valence-electron chi connectivity index (χ3n) is 3.83. The number of aryl methyl sites for hydroxylation is 1. The van der Waals surface area contributed by atoms with Crippen LogP contribution in [0.2, 0.25) is 0 Å². The van der Waals surface area contributed by atoms with E-state index in [0.29, 0.717) is 5.41 Å². The number of ether oxygens (including phenoxy) is 1. The molecule has 0 aromatic heterocycles. The Hall–Kier alpha value is -0.860. The molecule has 1 heterocycles. The van der Waals surface area contributed by atoms with E-state index < -0.39 is 0 Å². The molecule has 1 fully saturated rings. The van der Waals surface area contributed by atoms with Gasteiger partial charge in [0.05, 0.1) is 0 Å². The first-order chi connectivity index (χ1) is 8.20. The lowest BCUT2D eigenvalue weighted by Gasteiger charge is -2.33. The van der Waals surface area contributed by atoms with Gasteiger partial charge in [-0.05, 0) is 36.3 Å². The molecule has 0 amide bonds. The van der Waals surface area contributed by atoms with Crippen molar-refractivity contribution in [3.8, 4) is 0 Å². The van der Waals surface area contributed by atoms with Crippen LogP contribution in [0, 0.1) is 12.3 Å². The molecule has 0 bridgehead atoms. The molecule has 17 heavy (non-hydrogen) atoms. The summed E-state index contributed by atoms with van der Waals surface area (Å²) in [5.74, 6) is 0. The van der Waals surface area contributed by atoms with E-state index in [-0.39, 0.29) is 0 Å². The van der Waals surface area contributed by atoms with Crippen LogP contribution in [0.4, 0.5) is 0 Å². The molecule has 2 rings (SSSR count). The van der Waals surface area contributed by atoms with Gasteiger partial charge in [-0.15, -0.1) is 0 Å². The molecule has 2 nitrogen and oxygen atoms in total. The molecular weight excluding hydrogens is 210 g/mol. The number of nitrogens with one attached hydrogen (secondary N) is 1. The molecule has 0 aliphatic carbocycles. The van der Waals surface area contributed by atoms with Crippen LogP contribution in [0.3, 0.4) is 0 Å². The van der Waals surface area contributed by atoms with E-state index in [4.69, 9.17) is 4.74 Å². The van der Waals surface area contributed by atoms with Gasteiger partial charge in [0.2, 0.25) is 0 Å². The minimum Gasteiger partial charge on any atom is -0.381 e. The molecule has 2 heteroatoms. The molecule has 0 atom stereocenters. The normalized spacial score (nSPS) is 19.2. The molecule has 94 valence electrons. The molecule has 0 saturated carbocycles. The molecule has 1 aromatic rings. The molecule has 0 radical (unpaired) electrons. The van der Waals surface area contributed by atoms with Crippen LogP contribution < -0.4 is 5.32 Å². The Morgan fingerprint density at radius 1 is 1.24 bits per heavy atom. The second kappa shape index (κ2) is 5.65. The second-order valence-electron chi connectivity index (χ2n) is 5.45. The zero-order valence-electron chi connectivity index (χ0n) is 11.0. The fraction of sp³-hybridized carbons (Fsp3) is 0.600. The van der Waals surface area contributed by atoms with E-state index in [9.17, 15) is 0 Å². The quantitative estimate of drug-likeness (QED) is 0.863. The Kier molecular flexibility index (Phi) is 4.19. The lowest BCUT2D eigenvalue weighted by Crippen LogP contribution is -2.36. The van der Waals surface area contributed by atoms with Crippen molar-refractivity contribution in [3.63, 3.8) is 0 Å². The fourth-order valence-electron chi connectivity index (χ4n) is 2.35. The van der Waals surface area contributed by atoms with Gasteiger partial charge in [0, 0.05) is 26.3 Å². The maximum atomic E-state index is 5.42. The Labute approximate surface area is 104 Å². The summed E-state index contributed by atoms with van der Waals surface area (Å²) >= 11 is 0. The molecular formula is C15H23NO. The first-order valence-corrected chi connectivity index (χ1v) is 6.53. The first-order valence-electron chi connectivity index (χ1n) is 6.53. The van der Waals surface area contributed by atoms with E-state index in [2.05, 4.69) is 43.4 Å². The zero-order chi connectivity index (χ0) is 12.1. The third-order valence-corrected chi connectivity index (χ3v) is 3.83. The highest BCUT2D eigenvalue weighted by molar-refractivity contribution is 5.25. The molecule has 1 N–H and O–H groups in total. The maximum Gasteiger partial charge on any atom is 0.0471 e. The molecule has 0 spiro atoms. The standard InChI is InChI=1S/C15H23NO/c1-13-5-3-4-6-14(13)11-16-12-15(2)7-9-17-10-8-15/h3-6,16H,7-12H2,1-2H3. The summed E-state index contributed by atoms with van der Waals surface area (Å²) < 4.78 is 5.42. The van der Waals surface area contributed by atoms with Gasteiger partial charge >= 0.3 is 0 Å². The molecule has 1 saturated heterocycles. The van der Waals surface area contributed by atoms with Crippen molar-refractivity contribution in [3.05, 3.63) is 35.4 Å². The maximum absolute atomic E-state index is 5.42. The summed E-state index contributed by atoms with van der Waals surface area (Å²) in [6.07, 6.45) is 2.35. The van der Waals surface area contributed by atoms with Gasteiger partial charge in [-0.3, -0.25) is 0 Å². The number of hydrogen-bond donors (Lipinski definition) is 1. The summed E-state index contributed by atoms with van der Waals surface area (Å²) in [5.41, 5.74) is 3.20. The van der Waals surface area contributed by atoms with E-state index in [1.165, 1.54) is 24.0 Å². The molecule has 1 aliphatic rings. The largest absolute Gasteiger partial charge is 0.381 e. The summed E-state index contributed by atoms with van der Waals surface area (Å²) in [4.78, 5) is 0. The van der Waals surface area contributed by atoms with Gasteiger partial charge in [-0.1, -0.05) is 31.2 Å². The smallest absolute Gasteiger partial charge is 0.0471 e. The average Bonchev–Trinajstić information content (AvgIpc) is 2.32. The third kappa shape index (κ3) is 3.55. The summed E-state index contributed by atoms with van der Waals surface area (Å²) in [7, 11) is 0. The van der Waals surface area contributed by atoms with E-state index in [0.717, 1.165) is 26.3 Å². The lowest BCUT2D eigenvalue weighted by atomic mass is 9.82.